The molecule has 0 atom stereocenters. The summed E-state index contributed by atoms with van der Waals surface area (Å²) in [5.41, 5.74) is 1.67. The van der Waals surface area contributed by atoms with Crippen LogP contribution < -0.4 is 0 Å². The normalized spacial score (nSPS) is 10.8. The monoisotopic (exact) mass is 288 g/mol. The number of aliphatic hydroxyl groups is 1. The topological polar surface area (TPSA) is 63.8 Å². The number of rotatable bonds is 3. The predicted octanol–water partition coefficient (Wildman–Crippen LogP) is 2.10. The summed E-state index contributed by atoms with van der Waals surface area (Å²) in [5.74, 6) is -1.81. The molecule has 0 saturated heterocycles. The highest BCUT2D eigenvalue weighted by Gasteiger charge is 2.13. The fourth-order valence-electron chi connectivity index (χ4n) is 2.06. The first kappa shape index (κ1) is 13.3. The summed E-state index contributed by atoms with van der Waals surface area (Å²) in [7, 11) is 0. The van der Waals surface area contributed by atoms with Gasteiger partial charge in [0.2, 0.25) is 11.9 Å². The minimum absolute atomic E-state index is 0.125. The molecule has 1 aromatic carbocycles. The van der Waals surface area contributed by atoms with E-state index < -0.39 is 11.9 Å². The highest BCUT2D eigenvalue weighted by atomic mass is 19.1. The van der Waals surface area contributed by atoms with Crippen LogP contribution in [0.3, 0.4) is 0 Å². The van der Waals surface area contributed by atoms with Gasteiger partial charge in [-0.2, -0.15) is 28.8 Å². The van der Waals surface area contributed by atoms with Gasteiger partial charge in [-0.05, 0) is 35.4 Å². The van der Waals surface area contributed by atoms with Crippen LogP contribution in [0.5, 0.6) is 0 Å². The van der Waals surface area contributed by atoms with E-state index in [1.165, 1.54) is 23.3 Å². The van der Waals surface area contributed by atoms with Gasteiger partial charge in [-0.3, -0.25) is 0 Å². The lowest BCUT2D eigenvalue weighted by Crippen LogP contribution is -2.02. The SMILES string of the molecule is OCc1cc(-n2nccn2)ccc1-c1ccc(F)nc1F. The molecule has 0 bridgehead atoms. The molecule has 2 aromatic heterocycles. The van der Waals surface area contributed by atoms with Gasteiger partial charge in [0, 0.05) is 5.56 Å². The Morgan fingerprint density at radius 1 is 1.00 bits per heavy atom. The summed E-state index contributed by atoms with van der Waals surface area (Å²) in [6, 6.07) is 7.29. The Morgan fingerprint density at radius 2 is 1.71 bits per heavy atom. The number of nitrogens with zero attached hydrogens (tertiary/aromatic N) is 4. The van der Waals surface area contributed by atoms with Gasteiger partial charge in [-0.25, -0.2) is 0 Å². The Kier molecular flexibility index (Phi) is 3.41. The summed E-state index contributed by atoms with van der Waals surface area (Å²) in [6.07, 6.45) is 3.05. The van der Waals surface area contributed by atoms with Gasteiger partial charge < -0.3 is 5.11 Å². The molecule has 0 amide bonds. The lowest BCUT2D eigenvalue weighted by molar-refractivity contribution is 0.282. The molecule has 0 unspecified atom stereocenters. The van der Waals surface area contributed by atoms with Crippen molar-refractivity contribution < 1.29 is 13.9 Å². The van der Waals surface area contributed by atoms with Gasteiger partial charge in [-0.15, -0.1) is 0 Å². The van der Waals surface area contributed by atoms with Crippen LogP contribution >= 0.6 is 0 Å². The molecule has 3 aromatic rings. The van der Waals surface area contributed by atoms with Crippen LogP contribution in [-0.2, 0) is 6.61 Å². The Hall–Kier alpha value is -2.67. The van der Waals surface area contributed by atoms with Gasteiger partial charge in [-0.1, -0.05) is 6.07 Å². The number of aromatic nitrogens is 4. The molecule has 5 nitrogen and oxygen atoms in total. The first-order chi connectivity index (χ1) is 10.2. The standard InChI is InChI=1S/C14H10F2N4O/c15-13-4-3-12(14(16)19-13)11-2-1-10(7-9(11)8-21)20-17-5-6-18-20/h1-7,21H,8H2. The van der Waals surface area contributed by atoms with Crippen LogP contribution in [0.25, 0.3) is 16.8 Å². The number of aliphatic hydroxyl groups excluding tert-OH is 1. The Labute approximate surface area is 118 Å². The molecule has 0 spiro atoms. The molecule has 2 heterocycles. The molecule has 0 aliphatic carbocycles. The van der Waals surface area contributed by atoms with Crippen molar-refractivity contribution in [2.24, 2.45) is 0 Å². The molecule has 0 aliphatic rings. The van der Waals surface area contributed by atoms with Crippen molar-refractivity contribution in [1.29, 1.82) is 0 Å². The number of hydrogen-bond donors (Lipinski definition) is 1. The zero-order valence-corrected chi connectivity index (χ0v) is 10.7. The Balaban J connectivity index is 2.11. The Morgan fingerprint density at radius 3 is 2.38 bits per heavy atom. The maximum Gasteiger partial charge on any atom is 0.223 e. The fourth-order valence-corrected chi connectivity index (χ4v) is 2.06. The molecule has 3 rings (SSSR count). The number of pyridine rings is 1. The first-order valence-electron chi connectivity index (χ1n) is 6.12. The van der Waals surface area contributed by atoms with Crippen LogP contribution in [0.1, 0.15) is 5.56 Å². The fraction of sp³-hybridized carbons (Fsp3) is 0.0714. The van der Waals surface area contributed by atoms with Crippen molar-refractivity contribution in [3.63, 3.8) is 0 Å². The third-order valence-electron chi connectivity index (χ3n) is 3.01. The molecule has 0 fully saturated rings. The third-order valence-corrected chi connectivity index (χ3v) is 3.01. The van der Waals surface area contributed by atoms with E-state index in [2.05, 4.69) is 15.2 Å². The van der Waals surface area contributed by atoms with E-state index in [1.54, 1.807) is 18.2 Å². The van der Waals surface area contributed by atoms with Crippen molar-refractivity contribution in [3.8, 4) is 16.8 Å². The molecular weight excluding hydrogens is 278 g/mol. The van der Waals surface area contributed by atoms with Crippen molar-refractivity contribution >= 4 is 0 Å². The average molecular weight is 288 g/mol. The van der Waals surface area contributed by atoms with Crippen LogP contribution in [0, 0.1) is 11.9 Å². The van der Waals surface area contributed by atoms with Gasteiger partial charge in [0.15, 0.2) is 0 Å². The highest BCUT2D eigenvalue weighted by Crippen LogP contribution is 2.27. The van der Waals surface area contributed by atoms with Gasteiger partial charge in [0.05, 0.1) is 24.7 Å². The van der Waals surface area contributed by atoms with Crippen molar-refractivity contribution in [3.05, 3.63) is 60.2 Å². The van der Waals surface area contributed by atoms with E-state index in [-0.39, 0.29) is 12.2 Å². The zero-order chi connectivity index (χ0) is 14.8. The summed E-state index contributed by atoms with van der Waals surface area (Å²) in [4.78, 5) is 4.53. The first-order valence-corrected chi connectivity index (χ1v) is 6.12. The number of halogens is 2. The maximum atomic E-state index is 13.8. The number of benzene rings is 1. The van der Waals surface area contributed by atoms with E-state index >= 15 is 0 Å². The van der Waals surface area contributed by atoms with Crippen LogP contribution in [0.4, 0.5) is 8.78 Å². The summed E-state index contributed by atoms with van der Waals surface area (Å²) in [6.45, 7) is -0.304. The molecule has 21 heavy (non-hydrogen) atoms. The second-order valence-corrected chi connectivity index (χ2v) is 4.29. The lowest BCUT2D eigenvalue weighted by Gasteiger charge is -2.10. The highest BCUT2D eigenvalue weighted by molar-refractivity contribution is 5.68. The minimum atomic E-state index is -0.922. The molecule has 0 aliphatic heterocycles. The largest absolute Gasteiger partial charge is 0.392 e. The van der Waals surface area contributed by atoms with Gasteiger partial charge >= 0.3 is 0 Å². The smallest absolute Gasteiger partial charge is 0.223 e. The molecule has 7 heteroatoms. The Bertz CT molecular complexity index is 775. The third kappa shape index (κ3) is 2.50. The zero-order valence-electron chi connectivity index (χ0n) is 10.7. The van der Waals surface area contributed by atoms with E-state index in [9.17, 15) is 13.9 Å². The van der Waals surface area contributed by atoms with Crippen LogP contribution in [0.2, 0.25) is 0 Å². The van der Waals surface area contributed by atoms with Crippen molar-refractivity contribution in [2.75, 3.05) is 0 Å². The van der Waals surface area contributed by atoms with Crippen molar-refractivity contribution in [1.82, 2.24) is 20.0 Å². The molecular formula is C14H10F2N4O. The van der Waals surface area contributed by atoms with E-state index in [1.807, 2.05) is 0 Å². The second-order valence-electron chi connectivity index (χ2n) is 4.29. The molecule has 0 saturated carbocycles. The van der Waals surface area contributed by atoms with E-state index in [4.69, 9.17) is 0 Å². The summed E-state index contributed by atoms with van der Waals surface area (Å²) >= 11 is 0. The quantitative estimate of drug-likeness (QED) is 0.750. The molecule has 0 radical (unpaired) electrons. The lowest BCUT2D eigenvalue weighted by atomic mass is 10.0. The average Bonchev–Trinajstić information content (AvgIpc) is 3.01. The maximum absolute atomic E-state index is 13.8. The number of hydrogen-bond acceptors (Lipinski definition) is 4. The van der Waals surface area contributed by atoms with Gasteiger partial charge in [0.1, 0.15) is 0 Å². The van der Waals surface area contributed by atoms with E-state index in [0.717, 1.165) is 6.07 Å². The summed E-state index contributed by atoms with van der Waals surface area (Å²) in [5, 5.41) is 17.4. The molecule has 1 N–H and O–H groups in total. The van der Waals surface area contributed by atoms with Gasteiger partial charge in [0.25, 0.3) is 0 Å². The van der Waals surface area contributed by atoms with E-state index in [0.29, 0.717) is 16.8 Å². The summed E-state index contributed by atoms with van der Waals surface area (Å²) < 4.78 is 26.6. The minimum Gasteiger partial charge on any atom is -0.392 e. The van der Waals surface area contributed by atoms with Crippen LogP contribution in [-0.4, -0.2) is 25.1 Å². The van der Waals surface area contributed by atoms with Crippen molar-refractivity contribution in [2.45, 2.75) is 6.61 Å². The molecule has 106 valence electrons. The van der Waals surface area contributed by atoms with Crippen LogP contribution in [0.15, 0.2) is 42.7 Å². The second kappa shape index (κ2) is 5.37. The predicted molar refractivity (Wildman–Crippen MR) is 70.4 cm³/mol.